The molecular weight excluding hydrogens is 224 g/mol. The smallest absolute Gasteiger partial charge is 0.245 e. The molecule has 2 N–H and O–H groups in total. The number of hydrogen-bond acceptors (Lipinski definition) is 2. The van der Waals surface area contributed by atoms with Crippen LogP contribution in [0.1, 0.15) is 11.1 Å². The van der Waals surface area contributed by atoms with Gasteiger partial charge in [-0.2, -0.15) is 0 Å². The van der Waals surface area contributed by atoms with Crippen molar-refractivity contribution in [1.29, 1.82) is 0 Å². The molecule has 0 aromatic heterocycles. The quantitative estimate of drug-likeness (QED) is 0.597. The summed E-state index contributed by atoms with van der Waals surface area (Å²) in [5, 5.41) is 0. The normalized spacial score (nSPS) is 10.4. The minimum atomic E-state index is 0.583. The molecule has 0 saturated heterocycles. The zero-order valence-electron chi connectivity index (χ0n) is 9.69. The van der Waals surface area contributed by atoms with Gasteiger partial charge in [-0.3, -0.25) is 0 Å². The van der Waals surface area contributed by atoms with Gasteiger partial charge < -0.3 is 9.96 Å². The largest absolute Gasteiger partial charge is 0.322 e. The molecule has 0 fully saturated rings. The number of rotatable bonds is 6. The second-order valence-corrected chi connectivity index (χ2v) is 4.76. The SMILES string of the molecule is c1ccc(CN[Si]NCc2ccccc2)cc1. The standard InChI is InChI=1S/C14H16N2Si/c1-3-7-13(8-4-1)11-15-17-16-12-14-9-5-2-6-10-14/h1-10,15-16H,11-12H2. The molecule has 0 bridgehead atoms. The molecule has 2 aromatic rings. The van der Waals surface area contributed by atoms with E-state index in [0.717, 1.165) is 13.1 Å². The predicted octanol–water partition coefficient (Wildman–Crippen LogP) is 2.10. The fraction of sp³-hybridized carbons (Fsp3) is 0.143. The van der Waals surface area contributed by atoms with Crippen LogP contribution >= 0.6 is 0 Å². The van der Waals surface area contributed by atoms with Crippen LogP contribution in [-0.2, 0) is 13.1 Å². The first kappa shape index (κ1) is 12.0. The Bertz CT molecular complexity index is 375. The van der Waals surface area contributed by atoms with Crippen molar-refractivity contribution in [3.05, 3.63) is 71.8 Å². The Morgan fingerprint density at radius 1 is 0.647 bits per heavy atom. The molecule has 2 aromatic carbocycles. The molecule has 86 valence electrons. The van der Waals surface area contributed by atoms with Gasteiger partial charge in [-0.25, -0.2) is 0 Å². The van der Waals surface area contributed by atoms with E-state index in [1.54, 1.807) is 0 Å². The average molecular weight is 240 g/mol. The van der Waals surface area contributed by atoms with Gasteiger partial charge in [-0.05, 0) is 11.1 Å². The fourth-order valence-corrected chi connectivity index (χ4v) is 2.26. The van der Waals surface area contributed by atoms with Crippen LogP contribution < -0.4 is 9.96 Å². The van der Waals surface area contributed by atoms with Crippen molar-refractivity contribution in [3.8, 4) is 0 Å². The molecule has 0 atom stereocenters. The lowest BCUT2D eigenvalue weighted by molar-refractivity contribution is 0.872. The number of hydrogen-bond donors (Lipinski definition) is 2. The highest BCUT2D eigenvalue weighted by molar-refractivity contribution is 6.28. The minimum Gasteiger partial charge on any atom is -0.322 e. The van der Waals surface area contributed by atoms with Crippen molar-refractivity contribution in [2.75, 3.05) is 0 Å². The topological polar surface area (TPSA) is 24.1 Å². The van der Waals surface area contributed by atoms with Gasteiger partial charge in [0, 0.05) is 13.1 Å². The summed E-state index contributed by atoms with van der Waals surface area (Å²) >= 11 is 0. The van der Waals surface area contributed by atoms with Crippen LogP contribution in [0.4, 0.5) is 0 Å². The van der Waals surface area contributed by atoms with Crippen LogP contribution in [-0.4, -0.2) is 9.84 Å². The van der Waals surface area contributed by atoms with E-state index in [4.69, 9.17) is 0 Å². The summed E-state index contributed by atoms with van der Waals surface area (Å²) in [6.07, 6.45) is 0. The molecule has 2 rings (SSSR count). The number of benzene rings is 2. The predicted molar refractivity (Wildman–Crippen MR) is 72.3 cm³/mol. The van der Waals surface area contributed by atoms with Crippen LogP contribution in [0.25, 0.3) is 0 Å². The highest BCUT2D eigenvalue weighted by Gasteiger charge is 1.93. The lowest BCUT2D eigenvalue weighted by Crippen LogP contribution is -2.32. The molecule has 0 saturated carbocycles. The van der Waals surface area contributed by atoms with Crippen molar-refractivity contribution >= 4 is 9.84 Å². The first-order valence-corrected chi connectivity index (χ1v) is 6.74. The molecular formula is C14H16N2Si. The van der Waals surface area contributed by atoms with Gasteiger partial charge in [-0.1, -0.05) is 60.7 Å². The van der Waals surface area contributed by atoms with Crippen molar-refractivity contribution < 1.29 is 0 Å². The van der Waals surface area contributed by atoms with Gasteiger partial charge in [0.1, 0.15) is 0 Å². The van der Waals surface area contributed by atoms with E-state index in [-0.39, 0.29) is 0 Å². The van der Waals surface area contributed by atoms with Gasteiger partial charge in [-0.15, -0.1) is 0 Å². The zero-order chi connectivity index (χ0) is 11.8. The average Bonchev–Trinajstić information content (AvgIpc) is 2.41. The first-order chi connectivity index (χ1) is 8.45. The Balaban J connectivity index is 1.61. The summed E-state index contributed by atoms with van der Waals surface area (Å²) in [4.78, 5) is 6.78. The van der Waals surface area contributed by atoms with Crippen LogP contribution in [0.5, 0.6) is 0 Å². The maximum absolute atomic E-state index is 3.39. The summed E-state index contributed by atoms with van der Waals surface area (Å²) in [6, 6.07) is 20.9. The molecule has 17 heavy (non-hydrogen) atoms. The van der Waals surface area contributed by atoms with E-state index in [0.29, 0.717) is 9.84 Å². The maximum Gasteiger partial charge on any atom is 0.245 e. The molecule has 0 aliphatic rings. The third-order valence-electron chi connectivity index (χ3n) is 2.45. The summed E-state index contributed by atoms with van der Waals surface area (Å²) in [5.41, 5.74) is 2.64. The molecule has 3 heteroatoms. The molecule has 2 radical (unpaired) electrons. The zero-order valence-corrected chi connectivity index (χ0v) is 10.7. The van der Waals surface area contributed by atoms with Gasteiger partial charge in [0.15, 0.2) is 0 Å². The Labute approximate surface area is 105 Å². The van der Waals surface area contributed by atoms with E-state index in [2.05, 4.69) is 58.5 Å². The second-order valence-electron chi connectivity index (χ2n) is 3.80. The second kappa shape index (κ2) is 7.01. The van der Waals surface area contributed by atoms with E-state index >= 15 is 0 Å². The molecule has 0 amide bonds. The number of nitrogens with one attached hydrogen (secondary N) is 2. The van der Waals surface area contributed by atoms with Crippen LogP contribution in [0.15, 0.2) is 60.7 Å². The van der Waals surface area contributed by atoms with Gasteiger partial charge in [0.05, 0.1) is 0 Å². The minimum absolute atomic E-state index is 0.583. The van der Waals surface area contributed by atoms with Gasteiger partial charge >= 0.3 is 0 Å². The lowest BCUT2D eigenvalue weighted by Gasteiger charge is -2.05. The lowest BCUT2D eigenvalue weighted by atomic mass is 10.2. The highest BCUT2D eigenvalue weighted by Crippen LogP contribution is 1.97. The van der Waals surface area contributed by atoms with Gasteiger partial charge in [0.2, 0.25) is 9.84 Å². The molecule has 0 aliphatic carbocycles. The van der Waals surface area contributed by atoms with E-state index in [1.807, 2.05) is 12.1 Å². The third-order valence-corrected chi connectivity index (χ3v) is 3.15. The van der Waals surface area contributed by atoms with Crippen molar-refractivity contribution in [2.24, 2.45) is 0 Å². The van der Waals surface area contributed by atoms with Crippen LogP contribution in [0.2, 0.25) is 0 Å². The monoisotopic (exact) mass is 240 g/mol. The van der Waals surface area contributed by atoms with E-state index < -0.39 is 0 Å². The molecule has 0 unspecified atom stereocenters. The van der Waals surface area contributed by atoms with Crippen LogP contribution in [0.3, 0.4) is 0 Å². The molecule has 2 nitrogen and oxygen atoms in total. The first-order valence-electron chi connectivity index (χ1n) is 5.74. The van der Waals surface area contributed by atoms with Crippen molar-refractivity contribution in [2.45, 2.75) is 13.1 Å². The highest BCUT2D eigenvalue weighted by atomic mass is 28.2. The summed E-state index contributed by atoms with van der Waals surface area (Å²) < 4.78 is 0. The van der Waals surface area contributed by atoms with E-state index in [9.17, 15) is 0 Å². The van der Waals surface area contributed by atoms with Crippen molar-refractivity contribution in [3.63, 3.8) is 0 Å². The Morgan fingerprint density at radius 3 is 1.47 bits per heavy atom. The Kier molecular flexibility index (Phi) is 4.97. The summed E-state index contributed by atoms with van der Waals surface area (Å²) in [7, 11) is 0.583. The molecule has 0 spiro atoms. The molecule has 0 aliphatic heterocycles. The summed E-state index contributed by atoms with van der Waals surface area (Å²) in [6.45, 7) is 1.84. The van der Waals surface area contributed by atoms with Crippen molar-refractivity contribution in [1.82, 2.24) is 9.96 Å². The van der Waals surface area contributed by atoms with Gasteiger partial charge in [0.25, 0.3) is 0 Å². The van der Waals surface area contributed by atoms with E-state index in [1.165, 1.54) is 11.1 Å². The Hall–Kier alpha value is -1.42. The van der Waals surface area contributed by atoms with Crippen LogP contribution in [0, 0.1) is 0 Å². The fourth-order valence-electron chi connectivity index (χ4n) is 1.55. The summed E-state index contributed by atoms with van der Waals surface area (Å²) in [5.74, 6) is 0. The molecule has 0 heterocycles. The maximum atomic E-state index is 3.39. The third kappa shape index (κ3) is 4.52. The Morgan fingerprint density at radius 2 is 1.06 bits per heavy atom.